The third-order valence-corrected chi connectivity index (χ3v) is 2.67. The normalized spacial score (nSPS) is 16.2. The molecular formula is C10H16N4O2. The van der Waals surface area contributed by atoms with E-state index in [1.807, 2.05) is 0 Å². The number of hydrogen-bond donors (Lipinski definition) is 1. The number of nitrogens with zero attached hydrogens (tertiary/aromatic N) is 3. The summed E-state index contributed by atoms with van der Waals surface area (Å²) in [7, 11) is 3.32. The number of aryl methyl sites for hydroxylation is 1. The van der Waals surface area contributed by atoms with E-state index in [0.29, 0.717) is 11.6 Å². The molecule has 1 fully saturated rings. The smallest absolute Gasteiger partial charge is 0.274 e. The summed E-state index contributed by atoms with van der Waals surface area (Å²) in [6.07, 6.45) is 0. The summed E-state index contributed by atoms with van der Waals surface area (Å²) >= 11 is 0. The fourth-order valence-corrected chi connectivity index (χ4v) is 1.78. The number of nitrogens with one attached hydrogen (secondary N) is 1. The molecule has 0 unspecified atom stereocenters. The van der Waals surface area contributed by atoms with Gasteiger partial charge in [-0.25, -0.2) is 4.68 Å². The number of aromatic nitrogens is 2. The van der Waals surface area contributed by atoms with E-state index in [-0.39, 0.29) is 5.91 Å². The molecule has 1 aromatic rings. The lowest BCUT2D eigenvalue weighted by atomic mass is 10.3. The lowest BCUT2D eigenvalue weighted by Crippen LogP contribution is -2.46. The van der Waals surface area contributed by atoms with Gasteiger partial charge in [0.1, 0.15) is 0 Å². The van der Waals surface area contributed by atoms with Gasteiger partial charge in [0.25, 0.3) is 5.91 Å². The molecule has 1 amide bonds. The van der Waals surface area contributed by atoms with Gasteiger partial charge in [0.2, 0.25) is 5.88 Å². The van der Waals surface area contributed by atoms with Gasteiger partial charge in [0.05, 0.1) is 7.11 Å². The van der Waals surface area contributed by atoms with E-state index in [0.717, 1.165) is 26.2 Å². The lowest BCUT2D eigenvalue weighted by molar-refractivity contribution is 0.0729. The number of ether oxygens (including phenoxy) is 1. The van der Waals surface area contributed by atoms with Crippen LogP contribution in [-0.4, -0.2) is 53.9 Å². The van der Waals surface area contributed by atoms with Gasteiger partial charge in [0, 0.05) is 39.3 Å². The maximum absolute atomic E-state index is 12.0. The molecule has 16 heavy (non-hydrogen) atoms. The zero-order chi connectivity index (χ0) is 11.5. The Bertz CT molecular complexity index is 382. The van der Waals surface area contributed by atoms with Crippen molar-refractivity contribution in [3.05, 3.63) is 11.8 Å². The molecule has 0 bridgehead atoms. The first-order valence-electron chi connectivity index (χ1n) is 5.30. The van der Waals surface area contributed by atoms with E-state index in [9.17, 15) is 4.79 Å². The summed E-state index contributed by atoms with van der Waals surface area (Å²) in [5.41, 5.74) is 0.446. The molecule has 0 saturated carbocycles. The highest BCUT2D eigenvalue weighted by molar-refractivity contribution is 5.92. The predicted molar refractivity (Wildman–Crippen MR) is 58.5 cm³/mol. The van der Waals surface area contributed by atoms with Gasteiger partial charge in [0.15, 0.2) is 5.69 Å². The first-order chi connectivity index (χ1) is 7.72. The van der Waals surface area contributed by atoms with Crippen LogP contribution in [0.15, 0.2) is 6.07 Å². The van der Waals surface area contributed by atoms with E-state index in [1.54, 1.807) is 29.8 Å². The third kappa shape index (κ3) is 2.01. The maximum Gasteiger partial charge on any atom is 0.274 e. The highest BCUT2D eigenvalue weighted by Crippen LogP contribution is 2.13. The second-order valence-electron chi connectivity index (χ2n) is 3.74. The highest BCUT2D eigenvalue weighted by atomic mass is 16.5. The van der Waals surface area contributed by atoms with Crippen molar-refractivity contribution in [1.29, 1.82) is 0 Å². The van der Waals surface area contributed by atoms with E-state index in [2.05, 4.69) is 10.4 Å². The van der Waals surface area contributed by atoms with Crippen molar-refractivity contribution in [2.24, 2.45) is 7.05 Å². The Morgan fingerprint density at radius 3 is 2.75 bits per heavy atom. The Hall–Kier alpha value is -1.56. The molecule has 1 saturated heterocycles. The Kier molecular flexibility index (Phi) is 3.09. The number of carbonyl (C=O) groups is 1. The molecule has 0 spiro atoms. The maximum atomic E-state index is 12.0. The number of rotatable bonds is 2. The van der Waals surface area contributed by atoms with Gasteiger partial charge in [-0.05, 0) is 0 Å². The largest absolute Gasteiger partial charge is 0.481 e. The van der Waals surface area contributed by atoms with Crippen LogP contribution in [0.25, 0.3) is 0 Å². The van der Waals surface area contributed by atoms with E-state index in [1.165, 1.54) is 0 Å². The molecular weight excluding hydrogens is 208 g/mol. The van der Waals surface area contributed by atoms with Crippen LogP contribution in [0.3, 0.4) is 0 Å². The van der Waals surface area contributed by atoms with Crippen LogP contribution in [0.2, 0.25) is 0 Å². The van der Waals surface area contributed by atoms with Crippen molar-refractivity contribution in [1.82, 2.24) is 20.0 Å². The summed E-state index contributed by atoms with van der Waals surface area (Å²) in [6.45, 7) is 3.15. The van der Waals surface area contributed by atoms with Crippen LogP contribution in [0.1, 0.15) is 10.5 Å². The Morgan fingerprint density at radius 2 is 2.19 bits per heavy atom. The van der Waals surface area contributed by atoms with Crippen LogP contribution >= 0.6 is 0 Å². The average molecular weight is 224 g/mol. The molecule has 0 radical (unpaired) electrons. The van der Waals surface area contributed by atoms with E-state index in [4.69, 9.17) is 4.74 Å². The first kappa shape index (κ1) is 10.9. The van der Waals surface area contributed by atoms with Crippen LogP contribution < -0.4 is 10.1 Å². The van der Waals surface area contributed by atoms with E-state index >= 15 is 0 Å². The third-order valence-electron chi connectivity index (χ3n) is 2.67. The molecule has 1 aromatic heterocycles. The minimum Gasteiger partial charge on any atom is -0.481 e. The van der Waals surface area contributed by atoms with Crippen molar-refractivity contribution in [2.75, 3.05) is 33.3 Å². The molecule has 2 rings (SSSR count). The van der Waals surface area contributed by atoms with Crippen LogP contribution in [-0.2, 0) is 7.05 Å². The topological polar surface area (TPSA) is 59.4 Å². The fourth-order valence-electron chi connectivity index (χ4n) is 1.78. The van der Waals surface area contributed by atoms with Crippen LogP contribution in [0, 0.1) is 0 Å². The standard InChI is InChI=1S/C10H16N4O2/c1-13-9(16-2)7-8(12-13)10(15)14-5-3-11-4-6-14/h7,11H,3-6H2,1-2H3. The molecule has 1 aliphatic rings. The van der Waals surface area contributed by atoms with Gasteiger partial charge < -0.3 is 15.0 Å². The SMILES string of the molecule is COc1cc(C(=O)N2CCNCC2)nn1C. The van der Waals surface area contributed by atoms with Crippen molar-refractivity contribution in [3.8, 4) is 5.88 Å². The first-order valence-corrected chi connectivity index (χ1v) is 5.30. The molecule has 0 atom stereocenters. The van der Waals surface area contributed by atoms with Crippen molar-refractivity contribution < 1.29 is 9.53 Å². The van der Waals surface area contributed by atoms with Gasteiger partial charge in [-0.15, -0.1) is 0 Å². The van der Waals surface area contributed by atoms with Gasteiger partial charge >= 0.3 is 0 Å². The Balaban J connectivity index is 2.13. The fraction of sp³-hybridized carbons (Fsp3) is 0.600. The lowest BCUT2D eigenvalue weighted by Gasteiger charge is -2.26. The van der Waals surface area contributed by atoms with Gasteiger partial charge in [-0.1, -0.05) is 0 Å². The molecule has 88 valence electrons. The summed E-state index contributed by atoms with van der Waals surface area (Å²) in [6, 6.07) is 1.67. The quantitative estimate of drug-likeness (QED) is 0.734. The molecule has 0 aromatic carbocycles. The summed E-state index contributed by atoms with van der Waals surface area (Å²) in [4.78, 5) is 13.9. The molecule has 0 aliphatic carbocycles. The van der Waals surface area contributed by atoms with Gasteiger partial charge in [-0.3, -0.25) is 4.79 Å². The number of carbonyl (C=O) groups excluding carboxylic acids is 1. The highest BCUT2D eigenvalue weighted by Gasteiger charge is 2.21. The molecule has 1 N–H and O–H groups in total. The Morgan fingerprint density at radius 1 is 1.50 bits per heavy atom. The van der Waals surface area contributed by atoms with Crippen molar-refractivity contribution in [2.45, 2.75) is 0 Å². The molecule has 6 nitrogen and oxygen atoms in total. The van der Waals surface area contributed by atoms with Crippen LogP contribution in [0.5, 0.6) is 5.88 Å². The minimum atomic E-state index is -0.0274. The summed E-state index contributed by atoms with van der Waals surface area (Å²) in [5.74, 6) is 0.568. The second kappa shape index (κ2) is 4.52. The van der Waals surface area contributed by atoms with Crippen molar-refractivity contribution in [3.63, 3.8) is 0 Å². The number of hydrogen-bond acceptors (Lipinski definition) is 4. The molecule has 1 aliphatic heterocycles. The molecule has 2 heterocycles. The number of amides is 1. The number of piperazine rings is 1. The monoisotopic (exact) mass is 224 g/mol. The zero-order valence-electron chi connectivity index (χ0n) is 9.56. The average Bonchev–Trinajstić information content (AvgIpc) is 2.71. The zero-order valence-corrected chi connectivity index (χ0v) is 9.56. The van der Waals surface area contributed by atoms with Gasteiger partial charge in [-0.2, -0.15) is 5.10 Å². The summed E-state index contributed by atoms with van der Waals surface area (Å²) in [5, 5.41) is 7.34. The molecule has 6 heteroatoms. The second-order valence-corrected chi connectivity index (χ2v) is 3.74. The number of methoxy groups -OCH3 is 1. The predicted octanol–water partition coefficient (Wildman–Crippen LogP) is -0.526. The summed E-state index contributed by atoms with van der Waals surface area (Å²) < 4.78 is 6.65. The Labute approximate surface area is 94.2 Å². The van der Waals surface area contributed by atoms with Crippen LogP contribution in [0.4, 0.5) is 0 Å². The minimum absolute atomic E-state index is 0.0274. The van der Waals surface area contributed by atoms with Crippen molar-refractivity contribution >= 4 is 5.91 Å². The van der Waals surface area contributed by atoms with E-state index < -0.39 is 0 Å².